The normalized spacial score (nSPS) is 25.1. The van der Waals surface area contributed by atoms with Crippen LogP contribution >= 0.6 is 23.5 Å². The number of hydrogen-bond donors (Lipinski definition) is 4. The molecule has 4 heterocycles. The van der Waals surface area contributed by atoms with Crippen LogP contribution < -0.4 is 21.3 Å². The first-order valence-corrected chi connectivity index (χ1v) is 25.4. The van der Waals surface area contributed by atoms with Gasteiger partial charge in [0.1, 0.15) is 13.2 Å². The summed E-state index contributed by atoms with van der Waals surface area (Å²) in [5.41, 5.74) is 1.99. The van der Waals surface area contributed by atoms with Gasteiger partial charge < -0.3 is 30.7 Å². The van der Waals surface area contributed by atoms with Crippen molar-refractivity contribution in [2.75, 3.05) is 11.5 Å². The van der Waals surface area contributed by atoms with E-state index >= 15 is 0 Å². The molecule has 0 aliphatic carbocycles. The van der Waals surface area contributed by atoms with Gasteiger partial charge in [-0.1, -0.05) is 132 Å². The van der Waals surface area contributed by atoms with Crippen molar-refractivity contribution in [3.8, 4) is 0 Å². The molecular formula is C45H66N4O7S3. The van der Waals surface area contributed by atoms with E-state index in [4.69, 9.17) is 9.47 Å². The summed E-state index contributed by atoms with van der Waals surface area (Å²) in [7, 11) is -0.920. The third-order valence-corrected chi connectivity index (χ3v) is 16.6. The first-order chi connectivity index (χ1) is 28.8. The number of benzene rings is 2. The lowest BCUT2D eigenvalue weighted by atomic mass is 10.0. The summed E-state index contributed by atoms with van der Waals surface area (Å²) in [6, 6.07) is 19.6. The number of rotatable bonds is 25. The van der Waals surface area contributed by atoms with E-state index in [9.17, 15) is 23.4 Å². The fourth-order valence-corrected chi connectivity index (χ4v) is 13.5. The third-order valence-electron chi connectivity index (χ3n) is 11.4. The van der Waals surface area contributed by atoms with Crippen LogP contribution in [0.25, 0.3) is 0 Å². The molecule has 0 bridgehead atoms. The molecule has 2 aromatic carbocycles. The number of urea groups is 2. The van der Waals surface area contributed by atoms with E-state index in [1.807, 2.05) is 84.2 Å². The molecule has 4 saturated heterocycles. The molecule has 0 saturated carbocycles. The monoisotopic (exact) mass is 870 g/mol. The summed E-state index contributed by atoms with van der Waals surface area (Å²) in [4.78, 5) is 47.1. The van der Waals surface area contributed by atoms with E-state index < -0.39 is 10.8 Å². The minimum atomic E-state index is -0.920. The van der Waals surface area contributed by atoms with Crippen molar-refractivity contribution in [1.29, 1.82) is 0 Å². The fraction of sp³-hybridized carbons (Fsp3) is 0.644. The maximum atomic E-state index is 12.1. The summed E-state index contributed by atoms with van der Waals surface area (Å²) in [6.07, 6.45) is 18.1. The lowest BCUT2D eigenvalue weighted by Crippen LogP contribution is -2.38. The summed E-state index contributed by atoms with van der Waals surface area (Å²) in [6.45, 7) is 2.91. The van der Waals surface area contributed by atoms with Crippen molar-refractivity contribution in [3.63, 3.8) is 0 Å². The highest BCUT2D eigenvalue weighted by Gasteiger charge is 2.49. The number of thioether (sulfide) groups is 2. The van der Waals surface area contributed by atoms with Crippen LogP contribution in [0.4, 0.5) is 9.59 Å². The van der Waals surface area contributed by atoms with Gasteiger partial charge in [-0.2, -0.15) is 0 Å². The molecule has 11 nitrogen and oxygen atoms in total. The average Bonchev–Trinajstić information content (AvgIpc) is 3.97. The van der Waals surface area contributed by atoms with Crippen LogP contribution in [0.15, 0.2) is 60.7 Å². The molecule has 4 aliphatic rings. The number of fused-ring (bicyclic) bond motifs is 2. The molecule has 0 aromatic heterocycles. The second-order valence-electron chi connectivity index (χ2n) is 16.0. The van der Waals surface area contributed by atoms with Crippen molar-refractivity contribution < 1.29 is 32.9 Å². The quantitative estimate of drug-likeness (QED) is 0.0437. The Hall–Kier alpha value is -3.23. The maximum absolute atomic E-state index is 12.1. The first-order valence-electron chi connectivity index (χ1n) is 22.0. The molecule has 2 aromatic rings. The van der Waals surface area contributed by atoms with Gasteiger partial charge in [0.25, 0.3) is 0 Å². The highest BCUT2D eigenvalue weighted by molar-refractivity contribution is 8.17. The zero-order valence-electron chi connectivity index (χ0n) is 34.7. The van der Waals surface area contributed by atoms with Crippen LogP contribution in [-0.4, -0.2) is 79.0 Å². The molecule has 6 rings (SSSR count). The SMILES string of the molecule is CCCCCCCCCCCS[C@@H]1S[C@@H](CCCCC(=O)OCc2ccccc2)[C@H]2NC(=O)N[C@@H]12.O=C1N[C@H]2[C@H](C[S@](=O)[C@H]2CCCCC(=O)OCc2ccccc2)N1. The number of unbranched alkanes of at least 4 members (excludes halogenated alkanes) is 10. The lowest BCUT2D eigenvalue weighted by molar-refractivity contribution is -0.146. The Morgan fingerprint density at radius 2 is 1.19 bits per heavy atom. The van der Waals surface area contributed by atoms with Gasteiger partial charge in [0.15, 0.2) is 0 Å². The topological polar surface area (TPSA) is 152 Å². The van der Waals surface area contributed by atoms with Crippen molar-refractivity contribution in [3.05, 3.63) is 71.8 Å². The van der Waals surface area contributed by atoms with E-state index in [1.54, 1.807) is 0 Å². The molecule has 4 N–H and O–H groups in total. The minimum Gasteiger partial charge on any atom is -0.461 e. The van der Waals surface area contributed by atoms with Crippen LogP contribution in [0.2, 0.25) is 0 Å². The Morgan fingerprint density at radius 1 is 0.661 bits per heavy atom. The fourth-order valence-electron chi connectivity index (χ4n) is 8.10. The van der Waals surface area contributed by atoms with Crippen LogP contribution in [-0.2, 0) is 43.1 Å². The number of hydrogen-bond acceptors (Lipinski definition) is 9. The average molecular weight is 871 g/mol. The van der Waals surface area contributed by atoms with Gasteiger partial charge in [-0.25, -0.2) is 9.59 Å². The Balaban J connectivity index is 0.000000240. The molecular weight excluding hydrogens is 805 g/mol. The molecule has 8 atom stereocenters. The van der Waals surface area contributed by atoms with Crippen molar-refractivity contribution in [1.82, 2.24) is 21.3 Å². The predicted molar refractivity (Wildman–Crippen MR) is 240 cm³/mol. The summed E-state index contributed by atoms with van der Waals surface area (Å²) in [5.74, 6) is 1.36. The Bertz CT molecular complexity index is 1610. The molecule has 0 radical (unpaired) electrons. The van der Waals surface area contributed by atoms with Crippen LogP contribution in [0, 0.1) is 0 Å². The Kier molecular flexibility index (Phi) is 20.8. The number of carbonyl (C=O) groups excluding carboxylic acids is 4. The number of carbonyl (C=O) groups is 4. The summed E-state index contributed by atoms with van der Waals surface area (Å²) >= 11 is 4.04. The smallest absolute Gasteiger partial charge is 0.315 e. The van der Waals surface area contributed by atoms with Crippen LogP contribution in [0.3, 0.4) is 0 Å². The van der Waals surface area contributed by atoms with Gasteiger partial charge in [-0.05, 0) is 49.0 Å². The van der Waals surface area contributed by atoms with E-state index in [1.165, 1.54) is 63.5 Å². The van der Waals surface area contributed by atoms with Gasteiger partial charge in [0.2, 0.25) is 0 Å². The molecule has 326 valence electrons. The molecule has 59 heavy (non-hydrogen) atoms. The molecule has 0 spiro atoms. The predicted octanol–water partition coefficient (Wildman–Crippen LogP) is 8.52. The highest BCUT2D eigenvalue weighted by Crippen LogP contribution is 2.44. The zero-order valence-corrected chi connectivity index (χ0v) is 37.2. The van der Waals surface area contributed by atoms with Crippen molar-refractivity contribution in [2.24, 2.45) is 0 Å². The van der Waals surface area contributed by atoms with Crippen molar-refractivity contribution in [2.45, 2.75) is 169 Å². The molecule has 4 fully saturated rings. The summed E-state index contributed by atoms with van der Waals surface area (Å²) in [5, 5.41) is 12.4. The van der Waals surface area contributed by atoms with E-state index in [-0.39, 0.29) is 53.4 Å². The lowest BCUT2D eigenvalue weighted by Gasteiger charge is -2.16. The second kappa shape index (κ2) is 26.2. The first kappa shape index (κ1) is 46.8. The van der Waals surface area contributed by atoms with Gasteiger partial charge >= 0.3 is 24.0 Å². The molecule has 14 heteroatoms. The van der Waals surface area contributed by atoms with E-state index in [2.05, 4.69) is 28.2 Å². The van der Waals surface area contributed by atoms with E-state index in [0.29, 0.717) is 48.1 Å². The standard InChI is InChI=1S/C28H44N2O3S2.C17H22N2O4S/c1-2-3-4-5-6-7-8-9-15-20-34-27-26-25(29-28(32)30-26)23(35-27)18-13-14-19-24(31)33-21-22-16-11-10-12-17-22;20-15(23-10-12-6-2-1-3-7-12)9-5-4-8-14-16-13(11-24(14)22)18-17(21)19-16/h10-12,16-17,23,25-27H,2-9,13-15,18-21H2,1H3,(H2,29,30,32);1-3,6-7,13-14,16H,4-5,8-11H2,(H2,18,19,21)/t23-,25+,26+,27+;13-,14-,16-,24-/m00/s1. The summed E-state index contributed by atoms with van der Waals surface area (Å²) < 4.78 is 23.2. The van der Waals surface area contributed by atoms with Gasteiger partial charge in [-0.3, -0.25) is 13.8 Å². The van der Waals surface area contributed by atoms with Crippen LogP contribution in [0.5, 0.6) is 0 Å². The molecule has 0 unspecified atom stereocenters. The minimum absolute atomic E-state index is 0.0147. The van der Waals surface area contributed by atoms with Crippen LogP contribution in [0.1, 0.15) is 127 Å². The molecule has 4 aliphatic heterocycles. The number of esters is 2. The number of ether oxygens (including phenoxy) is 2. The van der Waals surface area contributed by atoms with Gasteiger partial charge in [0, 0.05) is 34.6 Å². The number of nitrogens with one attached hydrogen (secondary N) is 4. The largest absolute Gasteiger partial charge is 0.461 e. The Labute approximate surface area is 362 Å². The Morgan fingerprint density at radius 3 is 1.80 bits per heavy atom. The van der Waals surface area contributed by atoms with Crippen molar-refractivity contribution >= 4 is 58.3 Å². The third kappa shape index (κ3) is 16.3. The van der Waals surface area contributed by atoms with Gasteiger partial charge in [0.05, 0.1) is 34.0 Å². The van der Waals surface area contributed by atoms with E-state index in [0.717, 1.165) is 43.2 Å². The maximum Gasteiger partial charge on any atom is 0.315 e. The van der Waals surface area contributed by atoms with Gasteiger partial charge in [-0.15, -0.1) is 23.5 Å². The highest BCUT2D eigenvalue weighted by atomic mass is 32.2. The zero-order chi connectivity index (χ0) is 41.7. The number of amides is 4. The molecule has 4 amide bonds. The second-order valence-corrected chi connectivity index (χ2v) is 20.7.